The van der Waals surface area contributed by atoms with E-state index in [1.54, 1.807) is 0 Å². The van der Waals surface area contributed by atoms with Gasteiger partial charge in [-0.1, -0.05) is 37.3 Å². The topological polar surface area (TPSA) is 17.8 Å². The molecule has 0 radical (unpaired) electrons. The van der Waals surface area contributed by atoms with Crippen molar-refractivity contribution in [3.05, 3.63) is 65.0 Å². The Morgan fingerprint density at radius 1 is 0.952 bits per heavy atom. The Bertz CT molecular complexity index is 748. The summed E-state index contributed by atoms with van der Waals surface area (Å²) >= 11 is 0. The number of hydrogen-bond donors (Lipinski definition) is 0. The van der Waals surface area contributed by atoms with E-state index in [9.17, 15) is 0 Å². The molecule has 2 heteroatoms. The highest BCUT2D eigenvalue weighted by Crippen LogP contribution is 2.22. The van der Waals surface area contributed by atoms with Crippen molar-refractivity contribution in [3.8, 4) is 0 Å². The summed E-state index contributed by atoms with van der Waals surface area (Å²) in [6.45, 7) is 7.51. The molecule has 1 aromatic heterocycles. The molecule has 0 N–H and O–H groups in total. The van der Waals surface area contributed by atoms with Crippen molar-refractivity contribution in [2.24, 2.45) is 0 Å². The second-order valence-electron chi connectivity index (χ2n) is 5.72. The number of hydrogen-bond acceptors (Lipinski definition) is 1. The number of aromatic nitrogens is 2. The molecule has 21 heavy (non-hydrogen) atoms. The van der Waals surface area contributed by atoms with Gasteiger partial charge < -0.3 is 4.57 Å². The Balaban J connectivity index is 2.12. The molecule has 2 nitrogen and oxygen atoms in total. The number of aryl methyl sites for hydroxylation is 3. The maximum Gasteiger partial charge on any atom is 0.110 e. The summed E-state index contributed by atoms with van der Waals surface area (Å²) in [5.41, 5.74) is 6.47. The van der Waals surface area contributed by atoms with Crippen LogP contribution in [0, 0.1) is 13.8 Å². The molecule has 0 aliphatic carbocycles. The van der Waals surface area contributed by atoms with Crippen LogP contribution in [0.5, 0.6) is 0 Å². The number of fused-ring (bicyclic) bond motifs is 1. The van der Waals surface area contributed by atoms with E-state index in [-0.39, 0.29) is 0 Å². The van der Waals surface area contributed by atoms with Gasteiger partial charge in [-0.05, 0) is 49.1 Å². The van der Waals surface area contributed by atoms with Crippen LogP contribution in [0.3, 0.4) is 0 Å². The van der Waals surface area contributed by atoms with Gasteiger partial charge in [-0.2, -0.15) is 0 Å². The van der Waals surface area contributed by atoms with Crippen LogP contribution in [-0.4, -0.2) is 9.55 Å². The molecular weight excluding hydrogens is 256 g/mol. The monoisotopic (exact) mass is 278 g/mol. The lowest BCUT2D eigenvalue weighted by Gasteiger charge is -2.13. The fourth-order valence-corrected chi connectivity index (χ4v) is 2.97. The molecule has 0 saturated heterocycles. The molecule has 1 heterocycles. The lowest BCUT2D eigenvalue weighted by molar-refractivity contribution is 0.717. The van der Waals surface area contributed by atoms with Crippen LogP contribution in [0.15, 0.2) is 42.5 Å². The van der Waals surface area contributed by atoms with Crippen molar-refractivity contribution in [1.29, 1.82) is 0 Å². The van der Waals surface area contributed by atoms with Crippen LogP contribution in [-0.2, 0) is 13.0 Å². The SMILES string of the molecule is CCCc1nc2ccccc2n1Cc1c(C)cccc1C. The van der Waals surface area contributed by atoms with E-state index in [2.05, 4.69) is 67.8 Å². The molecule has 0 spiro atoms. The predicted octanol–water partition coefficient (Wildman–Crippen LogP) is 4.65. The first kappa shape index (κ1) is 13.9. The van der Waals surface area contributed by atoms with E-state index in [0.29, 0.717) is 0 Å². The minimum absolute atomic E-state index is 0.911. The van der Waals surface area contributed by atoms with Crippen LogP contribution in [0.1, 0.15) is 35.9 Å². The number of imidazole rings is 1. The average Bonchev–Trinajstić information content (AvgIpc) is 2.81. The predicted molar refractivity (Wildman–Crippen MR) is 88.7 cm³/mol. The fourth-order valence-electron chi connectivity index (χ4n) is 2.97. The average molecular weight is 278 g/mol. The molecule has 0 fully saturated rings. The quantitative estimate of drug-likeness (QED) is 0.679. The van der Waals surface area contributed by atoms with Crippen LogP contribution in [0.25, 0.3) is 11.0 Å². The van der Waals surface area contributed by atoms with Crippen LogP contribution < -0.4 is 0 Å². The van der Waals surface area contributed by atoms with Gasteiger partial charge in [0.25, 0.3) is 0 Å². The standard InChI is InChI=1S/C19H22N2/c1-4-8-19-20-17-11-5-6-12-18(17)21(19)13-16-14(2)9-7-10-15(16)3/h5-7,9-12H,4,8,13H2,1-3H3. The van der Waals surface area contributed by atoms with E-state index in [1.807, 2.05) is 0 Å². The zero-order valence-corrected chi connectivity index (χ0v) is 13.1. The first-order valence-corrected chi connectivity index (χ1v) is 7.70. The summed E-state index contributed by atoms with van der Waals surface area (Å²) in [4.78, 5) is 4.82. The minimum Gasteiger partial charge on any atom is -0.323 e. The van der Waals surface area contributed by atoms with Gasteiger partial charge in [0.2, 0.25) is 0 Å². The van der Waals surface area contributed by atoms with Gasteiger partial charge >= 0.3 is 0 Å². The Morgan fingerprint density at radius 3 is 2.38 bits per heavy atom. The van der Waals surface area contributed by atoms with Gasteiger partial charge in [-0.3, -0.25) is 0 Å². The van der Waals surface area contributed by atoms with E-state index < -0.39 is 0 Å². The van der Waals surface area contributed by atoms with Crippen molar-refractivity contribution in [2.45, 2.75) is 40.2 Å². The van der Waals surface area contributed by atoms with E-state index in [4.69, 9.17) is 4.98 Å². The summed E-state index contributed by atoms with van der Waals surface area (Å²) in [6, 6.07) is 15.0. The largest absolute Gasteiger partial charge is 0.323 e. The smallest absolute Gasteiger partial charge is 0.110 e. The van der Waals surface area contributed by atoms with Gasteiger partial charge in [0.05, 0.1) is 11.0 Å². The molecule has 0 aliphatic heterocycles. The summed E-state index contributed by atoms with van der Waals surface area (Å²) < 4.78 is 2.38. The fraction of sp³-hybridized carbons (Fsp3) is 0.316. The second kappa shape index (κ2) is 5.72. The van der Waals surface area contributed by atoms with Crippen LogP contribution in [0.4, 0.5) is 0 Å². The molecule has 0 bridgehead atoms. The Kier molecular flexibility index (Phi) is 3.78. The van der Waals surface area contributed by atoms with Crippen LogP contribution in [0.2, 0.25) is 0 Å². The van der Waals surface area contributed by atoms with Crippen molar-refractivity contribution >= 4 is 11.0 Å². The summed E-state index contributed by atoms with van der Waals surface area (Å²) in [5, 5.41) is 0. The highest BCUT2D eigenvalue weighted by molar-refractivity contribution is 5.76. The number of rotatable bonds is 4. The third-order valence-electron chi connectivity index (χ3n) is 4.17. The molecular formula is C19H22N2. The lowest BCUT2D eigenvalue weighted by atomic mass is 10.0. The third-order valence-corrected chi connectivity index (χ3v) is 4.17. The Labute approximate surface area is 126 Å². The molecule has 0 atom stereocenters. The summed E-state index contributed by atoms with van der Waals surface area (Å²) in [7, 11) is 0. The third kappa shape index (κ3) is 2.58. The van der Waals surface area contributed by atoms with E-state index >= 15 is 0 Å². The van der Waals surface area contributed by atoms with Crippen molar-refractivity contribution < 1.29 is 0 Å². The van der Waals surface area contributed by atoms with Crippen molar-refractivity contribution in [3.63, 3.8) is 0 Å². The van der Waals surface area contributed by atoms with Gasteiger partial charge in [0, 0.05) is 13.0 Å². The van der Waals surface area contributed by atoms with E-state index in [0.717, 1.165) is 24.9 Å². The molecule has 108 valence electrons. The first-order chi connectivity index (χ1) is 10.2. The Hall–Kier alpha value is -2.09. The Morgan fingerprint density at radius 2 is 1.67 bits per heavy atom. The van der Waals surface area contributed by atoms with Crippen molar-refractivity contribution in [2.75, 3.05) is 0 Å². The zero-order valence-electron chi connectivity index (χ0n) is 13.1. The number of nitrogens with zero attached hydrogens (tertiary/aromatic N) is 2. The highest BCUT2D eigenvalue weighted by Gasteiger charge is 2.12. The summed E-state index contributed by atoms with van der Waals surface area (Å²) in [5.74, 6) is 1.20. The van der Waals surface area contributed by atoms with Gasteiger partial charge in [-0.25, -0.2) is 4.98 Å². The van der Waals surface area contributed by atoms with Crippen LogP contribution >= 0.6 is 0 Å². The lowest BCUT2D eigenvalue weighted by Crippen LogP contribution is -2.07. The normalized spacial score (nSPS) is 11.2. The van der Waals surface area contributed by atoms with Gasteiger partial charge in [-0.15, -0.1) is 0 Å². The molecule has 0 amide bonds. The van der Waals surface area contributed by atoms with Gasteiger partial charge in [0.1, 0.15) is 5.82 Å². The molecule has 0 unspecified atom stereocenters. The second-order valence-corrected chi connectivity index (χ2v) is 5.72. The molecule has 2 aromatic carbocycles. The van der Waals surface area contributed by atoms with Gasteiger partial charge in [0.15, 0.2) is 0 Å². The molecule has 0 saturated carbocycles. The maximum absolute atomic E-state index is 4.82. The molecule has 3 rings (SSSR count). The number of para-hydroxylation sites is 2. The van der Waals surface area contributed by atoms with Crippen molar-refractivity contribution in [1.82, 2.24) is 9.55 Å². The number of benzene rings is 2. The zero-order chi connectivity index (χ0) is 14.8. The highest BCUT2D eigenvalue weighted by atomic mass is 15.1. The minimum atomic E-state index is 0.911. The first-order valence-electron chi connectivity index (χ1n) is 7.70. The van der Waals surface area contributed by atoms with E-state index in [1.165, 1.54) is 28.0 Å². The molecule has 0 aliphatic rings. The summed E-state index contributed by atoms with van der Waals surface area (Å²) in [6.07, 6.45) is 2.15. The molecule has 3 aromatic rings. The maximum atomic E-state index is 4.82.